The maximum atomic E-state index is 5.60. The van der Waals surface area contributed by atoms with Gasteiger partial charge in [0.25, 0.3) is 0 Å². The largest absolute Gasteiger partial charge is 0.494 e. The van der Waals surface area contributed by atoms with Gasteiger partial charge in [0.15, 0.2) is 0 Å². The van der Waals surface area contributed by atoms with Crippen LogP contribution in [0.25, 0.3) is 0 Å². The van der Waals surface area contributed by atoms with Crippen molar-refractivity contribution >= 4 is 15.9 Å². The number of hydrogen-bond donors (Lipinski definition) is 1. The molecule has 0 unspecified atom stereocenters. The lowest BCUT2D eigenvalue weighted by molar-refractivity contribution is 0.0457. The first kappa shape index (κ1) is 12.5. The first-order valence-corrected chi connectivity index (χ1v) is 6.60. The summed E-state index contributed by atoms with van der Waals surface area (Å²) in [6.07, 6.45) is 4.19. The fourth-order valence-corrected chi connectivity index (χ4v) is 1.91. The Kier molecular flexibility index (Phi) is 4.45. The zero-order valence-corrected chi connectivity index (χ0v) is 11.4. The molecule has 1 aliphatic heterocycles. The smallest absolute Gasteiger partial charge is 0.131 e. The Bertz CT molecular complexity index is 389. The molecule has 1 aromatic carbocycles. The molecule has 1 heterocycles. The highest BCUT2D eigenvalue weighted by Gasteiger charge is 2.16. The van der Waals surface area contributed by atoms with Crippen LogP contribution in [0.3, 0.4) is 0 Å². The molecular weight excluding hydrogens is 282 g/mol. The summed E-state index contributed by atoms with van der Waals surface area (Å²) in [5, 5.41) is 0. The van der Waals surface area contributed by atoms with Crippen molar-refractivity contribution in [2.24, 2.45) is 0 Å². The van der Waals surface area contributed by atoms with Crippen LogP contribution in [0.15, 0.2) is 34.9 Å². The second-order valence-corrected chi connectivity index (χ2v) is 4.78. The molecule has 4 heteroatoms. The third-order valence-electron chi connectivity index (χ3n) is 2.56. The summed E-state index contributed by atoms with van der Waals surface area (Å²) < 4.78 is 6.47. The number of hydroxylamine groups is 1. The number of halogens is 1. The van der Waals surface area contributed by atoms with Gasteiger partial charge in [-0.25, -0.2) is 0 Å². The van der Waals surface area contributed by atoms with Gasteiger partial charge in [-0.3, -0.25) is 10.3 Å². The second-order valence-electron chi connectivity index (χ2n) is 3.93. The van der Waals surface area contributed by atoms with Gasteiger partial charge in [-0.2, -0.15) is 0 Å². The Hall–Kier alpha value is -1.00. The average Bonchev–Trinajstić information content (AvgIpc) is 2.77. The number of unbranched alkanes of at least 4 members (excludes halogenated alkanes) is 1. The van der Waals surface area contributed by atoms with E-state index in [9.17, 15) is 0 Å². The van der Waals surface area contributed by atoms with E-state index in [1.807, 2.05) is 30.3 Å². The standard InChI is InChI=1S/C13H16BrNO2/c1-2-3-8-16-11-6-4-10(5-7-11)12-9-13(14)15-17-12/h4-7,9,12,15H,2-3,8H2,1H3/t12-/m0/s1. The van der Waals surface area contributed by atoms with Crippen LogP contribution in [-0.2, 0) is 4.84 Å². The van der Waals surface area contributed by atoms with Crippen LogP contribution in [-0.4, -0.2) is 6.61 Å². The van der Waals surface area contributed by atoms with E-state index in [-0.39, 0.29) is 6.10 Å². The molecule has 0 aliphatic carbocycles. The molecule has 0 radical (unpaired) electrons. The van der Waals surface area contributed by atoms with Gasteiger partial charge in [0, 0.05) is 0 Å². The fraction of sp³-hybridized carbons (Fsp3) is 0.385. The van der Waals surface area contributed by atoms with E-state index in [4.69, 9.17) is 9.57 Å². The van der Waals surface area contributed by atoms with E-state index < -0.39 is 0 Å². The first-order chi connectivity index (χ1) is 8.29. The van der Waals surface area contributed by atoms with E-state index in [1.165, 1.54) is 0 Å². The van der Waals surface area contributed by atoms with E-state index in [2.05, 4.69) is 28.3 Å². The molecule has 0 aromatic heterocycles. The molecular formula is C13H16BrNO2. The summed E-state index contributed by atoms with van der Waals surface area (Å²) in [6.45, 7) is 2.93. The molecule has 0 saturated carbocycles. The molecule has 92 valence electrons. The quantitative estimate of drug-likeness (QED) is 0.664. The van der Waals surface area contributed by atoms with Crippen LogP contribution in [0, 0.1) is 0 Å². The fourth-order valence-electron chi connectivity index (χ4n) is 1.57. The van der Waals surface area contributed by atoms with E-state index >= 15 is 0 Å². The highest BCUT2D eigenvalue weighted by atomic mass is 79.9. The molecule has 1 aliphatic rings. The molecule has 2 rings (SSSR count). The van der Waals surface area contributed by atoms with Gasteiger partial charge >= 0.3 is 0 Å². The Labute approximate surface area is 110 Å². The Morgan fingerprint density at radius 1 is 1.35 bits per heavy atom. The summed E-state index contributed by atoms with van der Waals surface area (Å²) >= 11 is 3.33. The van der Waals surface area contributed by atoms with Crippen molar-refractivity contribution in [1.82, 2.24) is 5.48 Å². The van der Waals surface area contributed by atoms with Crippen molar-refractivity contribution in [2.45, 2.75) is 25.9 Å². The summed E-state index contributed by atoms with van der Waals surface area (Å²) in [5.74, 6) is 0.913. The van der Waals surface area contributed by atoms with Gasteiger partial charge in [-0.05, 0) is 46.1 Å². The maximum absolute atomic E-state index is 5.60. The number of benzene rings is 1. The van der Waals surface area contributed by atoms with Crippen LogP contribution in [0.1, 0.15) is 31.4 Å². The number of nitrogens with one attached hydrogen (secondary N) is 1. The molecule has 0 fully saturated rings. The molecule has 0 amide bonds. The van der Waals surface area contributed by atoms with Crippen molar-refractivity contribution in [3.05, 3.63) is 40.5 Å². The molecule has 1 atom stereocenters. The minimum Gasteiger partial charge on any atom is -0.494 e. The zero-order chi connectivity index (χ0) is 12.1. The van der Waals surface area contributed by atoms with E-state index in [1.54, 1.807) is 0 Å². The average molecular weight is 298 g/mol. The predicted octanol–water partition coefficient (Wildman–Crippen LogP) is 3.68. The van der Waals surface area contributed by atoms with Crippen molar-refractivity contribution in [2.75, 3.05) is 6.61 Å². The van der Waals surface area contributed by atoms with Crippen molar-refractivity contribution in [1.29, 1.82) is 0 Å². The molecule has 0 saturated heterocycles. The van der Waals surface area contributed by atoms with Crippen molar-refractivity contribution in [3.63, 3.8) is 0 Å². The lowest BCUT2D eigenvalue weighted by Gasteiger charge is -2.09. The van der Waals surface area contributed by atoms with Crippen molar-refractivity contribution in [3.8, 4) is 5.75 Å². The minimum absolute atomic E-state index is 0.0333. The second kappa shape index (κ2) is 6.07. The molecule has 1 N–H and O–H groups in total. The van der Waals surface area contributed by atoms with Gasteiger partial charge in [0.05, 0.1) is 6.61 Å². The number of ether oxygens (including phenoxy) is 1. The lowest BCUT2D eigenvalue weighted by atomic mass is 10.1. The van der Waals surface area contributed by atoms with Crippen LogP contribution in [0.5, 0.6) is 5.75 Å². The third-order valence-corrected chi connectivity index (χ3v) is 2.98. The minimum atomic E-state index is -0.0333. The molecule has 1 aromatic rings. The predicted molar refractivity (Wildman–Crippen MR) is 70.8 cm³/mol. The van der Waals surface area contributed by atoms with Crippen molar-refractivity contribution < 1.29 is 9.57 Å². The van der Waals surface area contributed by atoms with Crippen LogP contribution in [0.2, 0.25) is 0 Å². The zero-order valence-electron chi connectivity index (χ0n) is 9.78. The van der Waals surface area contributed by atoms with E-state index in [0.717, 1.165) is 35.4 Å². The monoisotopic (exact) mass is 297 g/mol. The summed E-state index contributed by atoms with van der Waals surface area (Å²) in [4.78, 5) is 5.36. The third kappa shape index (κ3) is 3.48. The first-order valence-electron chi connectivity index (χ1n) is 5.81. The molecule has 0 spiro atoms. The molecule has 0 bridgehead atoms. The summed E-state index contributed by atoms with van der Waals surface area (Å²) in [7, 11) is 0. The summed E-state index contributed by atoms with van der Waals surface area (Å²) in [6, 6.07) is 8.01. The Morgan fingerprint density at radius 2 is 2.12 bits per heavy atom. The van der Waals surface area contributed by atoms with Crippen LogP contribution < -0.4 is 10.2 Å². The normalized spacial score (nSPS) is 18.7. The maximum Gasteiger partial charge on any atom is 0.131 e. The SMILES string of the molecule is CCCCOc1ccc([C@@H]2C=C(Br)NO2)cc1. The summed E-state index contributed by atoms with van der Waals surface area (Å²) in [5.41, 5.74) is 3.88. The highest BCUT2D eigenvalue weighted by molar-refractivity contribution is 9.11. The highest BCUT2D eigenvalue weighted by Crippen LogP contribution is 2.27. The van der Waals surface area contributed by atoms with Gasteiger partial charge < -0.3 is 4.74 Å². The van der Waals surface area contributed by atoms with Crippen LogP contribution in [0.4, 0.5) is 0 Å². The van der Waals surface area contributed by atoms with Gasteiger partial charge in [0.1, 0.15) is 16.5 Å². The Morgan fingerprint density at radius 3 is 2.71 bits per heavy atom. The lowest BCUT2D eigenvalue weighted by Crippen LogP contribution is -2.05. The molecule has 3 nitrogen and oxygen atoms in total. The Balaban J connectivity index is 1.93. The van der Waals surface area contributed by atoms with Gasteiger partial charge in [0.2, 0.25) is 0 Å². The molecule has 17 heavy (non-hydrogen) atoms. The number of hydrogen-bond acceptors (Lipinski definition) is 3. The van der Waals surface area contributed by atoms with E-state index in [0.29, 0.717) is 0 Å². The van der Waals surface area contributed by atoms with Crippen LogP contribution >= 0.6 is 15.9 Å². The number of rotatable bonds is 5. The topological polar surface area (TPSA) is 30.5 Å². The van der Waals surface area contributed by atoms with Gasteiger partial charge in [-0.15, -0.1) is 0 Å². The van der Waals surface area contributed by atoms with Gasteiger partial charge in [-0.1, -0.05) is 25.5 Å².